The van der Waals surface area contributed by atoms with Gasteiger partial charge in [0.15, 0.2) is 0 Å². The summed E-state index contributed by atoms with van der Waals surface area (Å²) in [5, 5.41) is 2.83. The summed E-state index contributed by atoms with van der Waals surface area (Å²) in [6, 6.07) is 7.73. The number of nitrogens with one attached hydrogen (secondary N) is 1. The van der Waals surface area contributed by atoms with Gasteiger partial charge in [0.25, 0.3) is 0 Å². The Kier molecular flexibility index (Phi) is 4.53. The van der Waals surface area contributed by atoms with E-state index >= 15 is 0 Å². The number of imidazole rings is 1. The summed E-state index contributed by atoms with van der Waals surface area (Å²) in [6.45, 7) is 0.983. The molecule has 0 bridgehead atoms. The minimum Gasteiger partial charge on any atom is -0.345 e. The SMILES string of the molecule is CN(CCc1cnccn1)C(=O)CC1Cn2c(nc3ccccc32)NC1=O. The Labute approximate surface area is 156 Å². The number of fused-ring (bicyclic) bond motifs is 3. The smallest absolute Gasteiger partial charge is 0.232 e. The van der Waals surface area contributed by atoms with Crippen LogP contribution in [0.1, 0.15) is 12.1 Å². The number of carbonyl (C=O) groups is 2. The number of para-hydroxylation sites is 2. The number of aromatic nitrogens is 4. The van der Waals surface area contributed by atoms with Crippen molar-refractivity contribution in [3.8, 4) is 0 Å². The lowest BCUT2D eigenvalue weighted by Gasteiger charge is -2.25. The first-order valence-electron chi connectivity index (χ1n) is 8.87. The Bertz CT molecular complexity index is 984. The lowest BCUT2D eigenvalue weighted by molar-refractivity contribution is -0.134. The molecule has 0 radical (unpaired) electrons. The van der Waals surface area contributed by atoms with Crippen molar-refractivity contribution in [2.24, 2.45) is 5.92 Å². The zero-order chi connectivity index (χ0) is 18.8. The van der Waals surface area contributed by atoms with Gasteiger partial charge in [-0.3, -0.25) is 24.9 Å². The van der Waals surface area contributed by atoms with Gasteiger partial charge in [0.05, 0.1) is 22.6 Å². The van der Waals surface area contributed by atoms with Gasteiger partial charge < -0.3 is 9.47 Å². The fraction of sp³-hybridized carbons (Fsp3) is 0.316. The number of benzene rings is 1. The fourth-order valence-corrected chi connectivity index (χ4v) is 3.26. The third-order valence-electron chi connectivity index (χ3n) is 4.83. The van der Waals surface area contributed by atoms with Crippen molar-refractivity contribution in [3.63, 3.8) is 0 Å². The fourth-order valence-electron chi connectivity index (χ4n) is 3.26. The van der Waals surface area contributed by atoms with Crippen LogP contribution in [0.5, 0.6) is 0 Å². The number of likely N-dealkylation sites (N-methyl/N-ethyl adjacent to an activating group) is 1. The molecule has 8 nitrogen and oxygen atoms in total. The van der Waals surface area contributed by atoms with Crippen LogP contribution in [0, 0.1) is 5.92 Å². The standard InChI is InChI=1S/C19H20N6O2/c1-24(9-6-14-11-20-7-8-21-14)17(26)10-13-12-25-16-5-3-2-4-15(16)22-19(25)23-18(13)27/h2-5,7-8,11,13H,6,9-10,12H2,1H3,(H,22,23,27). The predicted octanol–water partition coefficient (Wildman–Crippen LogP) is 1.49. The molecule has 1 N–H and O–H groups in total. The summed E-state index contributed by atoms with van der Waals surface area (Å²) in [5.74, 6) is -0.0946. The number of amides is 2. The number of hydrogen-bond donors (Lipinski definition) is 1. The number of anilines is 1. The highest BCUT2D eigenvalue weighted by Gasteiger charge is 2.30. The molecule has 0 spiro atoms. The zero-order valence-electron chi connectivity index (χ0n) is 15.0. The molecule has 0 aliphatic carbocycles. The lowest BCUT2D eigenvalue weighted by atomic mass is 10.0. The van der Waals surface area contributed by atoms with Crippen molar-refractivity contribution in [2.45, 2.75) is 19.4 Å². The van der Waals surface area contributed by atoms with Gasteiger partial charge in [-0.15, -0.1) is 0 Å². The highest BCUT2D eigenvalue weighted by atomic mass is 16.2. The molecule has 0 saturated carbocycles. The molecular formula is C19H20N6O2. The van der Waals surface area contributed by atoms with Crippen molar-refractivity contribution in [2.75, 3.05) is 18.9 Å². The Balaban J connectivity index is 1.41. The average Bonchev–Trinajstić information content (AvgIpc) is 3.04. The van der Waals surface area contributed by atoms with Crippen molar-refractivity contribution in [1.82, 2.24) is 24.4 Å². The van der Waals surface area contributed by atoms with Crippen LogP contribution < -0.4 is 5.32 Å². The molecule has 1 aromatic carbocycles. The maximum Gasteiger partial charge on any atom is 0.232 e. The second kappa shape index (κ2) is 7.14. The molecule has 4 rings (SSSR count). The van der Waals surface area contributed by atoms with Gasteiger partial charge >= 0.3 is 0 Å². The van der Waals surface area contributed by atoms with Gasteiger partial charge in [-0.05, 0) is 12.1 Å². The highest BCUT2D eigenvalue weighted by Crippen LogP contribution is 2.26. The van der Waals surface area contributed by atoms with E-state index in [-0.39, 0.29) is 18.2 Å². The minimum atomic E-state index is -0.415. The summed E-state index contributed by atoms with van der Waals surface area (Å²) in [4.78, 5) is 39.3. The van der Waals surface area contributed by atoms with Gasteiger partial charge in [-0.1, -0.05) is 12.1 Å². The number of rotatable bonds is 5. The van der Waals surface area contributed by atoms with E-state index in [9.17, 15) is 9.59 Å². The van der Waals surface area contributed by atoms with Gasteiger partial charge in [0.1, 0.15) is 0 Å². The molecule has 0 saturated heterocycles. The number of carbonyl (C=O) groups excluding carboxylic acids is 2. The van der Waals surface area contributed by atoms with E-state index in [1.54, 1.807) is 30.5 Å². The van der Waals surface area contributed by atoms with Crippen LogP contribution in [0.4, 0.5) is 5.95 Å². The first-order valence-corrected chi connectivity index (χ1v) is 8.87. The van der Waals surface area contributed by atoms with Crippen molar-refractivity contribution >= 4 is 28.8 Å². The maximum absolute atomic E-state index is 12.6. The predicted molar refractivity (Wildman–Crippen MR) is 99.8 cm³/mol. The van der Waals surface area contributed by atoms with E-state index in [1.165, 1.54) is 0 Å². The van der Waals surface area contributed by atoms with Crippen LogP contribution in [0.15, 0.2) is 42.9 Å². The Morgan fingerprint density at radius 1 is 1.33 bits per heavy atom. The van der Waals surface area contributed by atoms with Gasteiger partial charge in [0, 0.05) is 51.6 Å². The molecule has 1 atom stereocenters. The molecule has 1 aliphatic rings. The van der Waals surface area contributed by atoms with Crippen LogP contribution in [0.2, 0.25) is 0 Å². The maximum atomic E-state index is 12.6. The normalized spacial score (nSPS) is 16.0. The summed E-state index contributed by atoms with van der Waals surface area (Å²) in [5.41, 5.74) is 2.63. The van der Waals surface area contributed by atoms with E-state index in [0.29, 0.717) is 25.5 Å². The Morgan fingerprint density at radius 3 is 3.00 bits per heavy atom. The third kappa shape index (κ3) is 3.51. The van der Waals surface area contributed by atoms with Crippen LogP contribution in [0.3, 0.4) is 0 Å². The molecule has 2 amide bonds. The first kappa shape index (κ1) is 17.1. The highest BCUT2D eigenvalue weighted by molar-refractivity contribution is 5.97. The lowest BCUT2D eigenvalue weighted by Crippen LogP contribution is -2.38. The van der Waals surface area contributed by atoms with Crippen LogP contribution in [0.25, 0.3) is 11.0 Å². The van der Waals surface area contributed by atoms with E-state index in [2.05, 4.69) is 20.3 Å². The summed E-state index contributed by atoms with van der Waals surface area (Å²) < 4.78 is 1.97. The topological polar surface area (TPSA) is 93.0 Å². The second-order valence-corrected chi connectivity index (χ2v) is 6.69. The molecule has 1 aliphatic heterocycles. The summed E-state index contributed by atoms with van der Waals surface area (Å²) in [6.07, 6.45) is 5.74. The molecular weight excluding hydrogens is 344 g/mol. The third-order valence-corrected chi connectivity index (χ3v) is 4.83. The van der Waals surface area contributed by atoms with Crippen molar-refractivity contribution < 1.29 is 9.59 Å². The van der Waals surface area contributed by atoms with Crippen molar-refractivity contribution in [1.29, 1.82) is 0 Å². The molecule has 1 unspecified atom stereocenters. The zero-order valence-corrected chi connectivity index (χ0v) is 15.0. The van der Waals surface area contributed by atoms with Crippen LogP contribution >= 0.6 is 0 Å². The average molecular weight is 364 g/mol. The van der Waals surface area contributed by atoms with Crippen LogP contribution in [-0.2, 0) is 22.6 Å². The quantitative estimate of drug-likeness (QED) is 0.740. The largest absolute Gasteiger partial charge is 0.345 e. The summed E-state index contributed by atoms with van der Waals surface area (Å²) in [7, 11) is 1.75. The molecule has 27 heavy (non-hydrogen) atoms. The molecule has 3 heterocycles. The van der Waals surface area contributed by atoms with Gasteiger partial charge in [-0.2, -0.15) is 0 Å². The Hall–Kier alpha value is -3.29. The molecule has 138 valence electrons. The van der Waals surface area contributed by atoms with Crippen molar-refractivity contribution in [3.05, 3.63) is 48.5 Å². The Morgan fingerprint density at radius 2 is 2.19 bits per heavy atom. The molecule has 3 aromatic rings. The van der Waals surface area contributed by atoms with Crippen LogP contribution in [-0.4, -0.2) is 49.8 Å². The molecule has 8 heteroatoms. The van der Waals surface area contributed by atoms with E-state index in [1.807, 2.05) is 28.8 Å². The second-order valence-electron chi connectivity index (χ2n) is 6.69. The number of hydrogen-bond acceptors (Lipinski definition) is 5. The number of nitrogens with zero attached hydrogens (tertiary/aromatic N) is 5. The monoisotopic (exact) mass is 364 g/mol. The van der Waals surface area contributed by atoms with Gasteiger partial charge in [-0.25, -0.2) is 4.98 Å². The first-order chi connectivity index (χ1) is 13.1. The van der Waals surface area contributed by atoms with E-state index in [4.69, 9.17) is 0 Å². The molecule has 0 fully saturated rings. The minimum absolute atomic E-state index is 0.0630. The van der Waals surface area contributed by atoms with Gasteiger partial charge in [0.2, 0.25) is 17.8 Å². The summed E-state index contributed by atoms with van der Waals surface area (Å²) >= 11 is 0. The van der Waals surface area contributed by atoms with E-state index in [0.717, 1.165) is 16.7 Å². The van der Waals surface area contributed by atoms with E-state index < -0.39 is 5.92 Å². The molecule has 2 aromatic heterocycles.